The van der Waals surface area contributed by atoms with Gasteiger partial charge in [-0.1, -0.05) is 6.92 Å². The van der Waals surface area contributed by atoms with Gasteiger partial charge in [0.15, 0.2) is 5.13 Å². The number of hydrogen-bond acceptors (Lipinski definition) is 6. The second-order valence-electron chi connectivity index (χ2n) is 4.20. The molecule has 1 aromatic heterocycles. The molecule has 18 heavy (non-hydrogen) atoms. The average molecular weight is 270 g/mol. The van der Waals surface area contributed by atoms with E-state index < -0.39 is 0 Å². The van der Waals surface area contributed by atoms with Crippen LogP contribution in [0.15, 0.2) is 5.38 Å². The van der Waals surface area contributed by atoms with Gasteiger partial charge in [-0.05, 0) is 6.42 Å². The molecule has 0 amide bonds. The lowest BCUT2D eigenvalue weighted by Crippen LogP contribution is -2.45. The molecule has 0 spiro atoms. The van der Waals surface area contributed by atoms with Crippen molar-refractivity contribution in [3.63, 3.8) is 0 Å². The summed E-state index contributed by atoms with van der Waals surface area (Å²) in [7, 11) is 1.39. The molecule has 1 unspecified atom stereocenters. The predicted octanol–water partition coefficient (Wildman–Crippen LogP) is 1.47. The molecule has 0 N–H and O–H groups in total. The Morgan fingerprint density at radius 3 is 3.28 bits per heavy atom. The van der Waals surface area contributed by atoms with Crippen LogP contribution in [0, 0.1) is 0 Å². The van der Waals surface area contributed by atoms with Crippen molar-refractivity contribution in [2.45, 2.75) is 25.8 Å². The highest BCUT2D eigenvalue weighted by Crippen LogP contribution is 2.25. The first-order chi connectivity index (χ1) is 8.74. The summed E-state index contributed by atoms with van der Waals surface area (Å²) in [5, 5.41) is 2.90. The second-order valence-corrected chi connectivity index (χ2v) is 5.04. The molecule has 0 saturated carbocycles. The van der Waals surface area contributed by atoms with Crippen molar-refractivity contribution in [2.75, 3.05) is 31.8 Å². The van der Waals surface area contributed by atoms with E-state index in [0.29, 0.717) is 6.04 Å². The van der Waals surface area contributed by atoms with Crippen LogP contribution in [-0.2, 0) is 20.7 Å². The van der Waals surface area contributed by atoms with Gasteiger partial charge in [-0.15, -0.1) is 11.3 Å². The summed E-state index contributed by atoms with van der Waals surface area (Å²) in [4.78, 5) is 18.0. The lowest BCUT2D eigenvalue weighted by molar-refractivity contribution is -0.139. The Labute approximate surface area is 111 Å². The van der Waals surface area contributed by atoms with Crippen LogP contribution in [-0.4, -0.2) is 43.9 Å². The lowest BCUT2D eigenvalue weighted by Gasteiger charge is -2.34. The monoisotopic (exact) mass is 270 g/mol. The third-order valence-electron chi connectivity index (χ3n) is 3.04. The molecule has 1 atom stereocenters. The van der Waals surface area contributed by atoms with Gasteiger partial charge in [0.2, 0.25) is 0 Å². The highest BCUT2D eigenvalue weighted by molar-refractivity contribution is 7.13. The van der Waals surface area contributed by atoms with Gasteiger partial charge in [-0.2, -0.15) is 0 Å². The number of nitrogens with zero attached hydrogens (tertiary/aromatic N) is 2. The summed E-state index contributed by atoms with van der Waals surface area (Å²) in [5.41, 5.74) is 0.781. The summed E-state index contributed by atoms with van der Waals surface area (Å²) >= 11 is 1.58. The molecular formula is C12H18N2O3S. The number of thiazole rings is 1. The minimum absolute atomic E-state index is 0.244. The molecule has 1 aromatic rings. The Morgan fingerprint density at radius 1 is 1.72 bits per heavy atom. The first-order valence-corrected chi connectivity index (χ1v) is 6.98. The average Bonchev–Trinajstić information content (AvgIpc) is 2.86. The molecule has 0 radical (unpaired) electrons. The third-order valence-corrected chi connectivity index (χ3v) is 3.96. The molecule has 5 nitrogen and oxygen atoms in total. The van der Waals surface area contributed by atoms with Crippen molar-refractivity contribution in [1.82, 2.24) is 4.98 Å². The molecule has 1 aliphatic heterocycles. The first kappa shape index (κ1) is 13.3. The van der Waals surface area contributed by atoms with Crippen molar-refractivity contribution in [1.29, 1.82) is 0 Å². The highest BCUT2D eigenvalue weighted by Gasteiger charge is 2.24. The maximum absolute atomic E-state index is 11.2. The van der Waals surface area contributed by atoms with Crippen LogP contribution in [0.5, 0.6) is 0 Å². The van der Waals surface area contributed by atoms with Crippen LogP contribution < -0.4 is 4.90 Å². The summed E-state index contributed by atoms with van der Waals surface area (Å²) < 4.78 is 10.1. The minimum atomic E-state index is -0.249. The number of anilines is 1. The fourth-order valence-electron chi connectivity index (χ4n) is 1.97. The largest absolute Gasteiger partial charge is 0.469 e. The maximum atomic E-state index is 11.2. The number of carbonyl (C=O) groups is 1. The van der Waals surface area contributed by atoms with E-state index in [0.717, 1.165) is 37.0 Å². The quantitative estimate of drug-likeness (QED) is 0.776. The van der Waals surface area contributed by atoms with Crippen molar-refractivity contribution in [3.05, 3.63) is 11.1 Å². The summed E-state index contributed by atoms with van der Waals surface area (Å²) in [6.07, 6.45) is 1.28. The number of morpholine rings is 1. The molecule has 2 heterocycles. The van der Waals surface area contributed by atoms with Crippen LogP contribution >= 0.6 is 11.3 Å². The van der Waals surface area contributed by atoms with E-state index >= 15 is 0 Å². The molecule has 0 aromatic carbocycles. The zero-order valence-electron chi connectivity index (χ0n) is 10.7. The van der Waals surface area contributed by atoms with E-state index in [2.05, 4.69) is 21.5 Å². The van der Waals surface area contributed by atoms with Gasteiger partial charge in [-0.25, -0.2) is 4.98 Å². The van der Waals surface area contributed by atoms with E-state index in [4.69, 9.17) is 4.74 Å². The van der Waals surface area contributed by atoms with E-state index in [9.17, 15) is 4.79 Å². The Kier molecular flexibility index (Phi) is 4.54. The molecule has 6 heteroatoms. The molecule has 2 rings (SSSR count). The van der Waals surface area contributed by atoms with Gasteiger partial charge < -0.3 is 14.4 Å². The molecule has 0 aliphatic carbocycles. The maximum Gasteiger partial charge on any atom is 0.311 e. The zero-order valence-corrected chi connectivity index (χ0v) is 11.5. The van der Waals surface area contributed by atoms with Crippen LogP contribution in [0.25, 0.3) is 0 Å². The van der Waals surface area contributed by atoms with Crippen LogP contribution in [0.2, 0.25) is 0 Å². The SMILES string of the molecule is CCC1COCCN1c1nc(CC(=O)OC)cs1. The van der Waals surface area contributed by atoms with Gasteiger partial charge in [0.05, 0.1) is 38.5 Å². The predicted molar refractivity (Wildman–Crippen MR) is 70.1 cm³/mol. The number of esters is 1. The zero-order chi connectivity index (χ0) is 13.0. The molecular weight excluding hydrogens is 252 g/mol. The third kappa shape index (κ3) is 3.00. The van der Waals surface area contributed by atoms with Gasteiger partial charge >= 0.3 is 5.97 Å². The van der Waals surface area contributed by atoms with E-state index in [-0.39, 0.29) is 12.4 Å². The molecule has 1 saturated heterocycles. The van der Waals surface area contributed by atoms with Crippen molar-refractivity contribution < 1.29 is 14.3 Å². The van der Waals surface area contributed by atoms with E-state index in [1.54, 1.807) is 11.3 Å². The van der Waals surface area contributed by atoms with Crippen molar-refractivity contribution in [3.8, 4) is 0 Å². The molecule has 1 fully saturated rings. The molecule has 1 aliphatic rings. The van der Waals surface area contributed by atoms with Crippen LogP contribution in [0.4, 0.5) is 5.13 Å². The molecule has 100 valence electrons. The Balaban J connectivity index is 2.06. The lowest BCUT2D eigenvalue weighted by atomic mass is 10.2. The van der Waals surface area contributed by atoms with Crippen molar-refractivity contribution >= 4 is 22.4 Å². The van der Waals surface area contributed by atoms with Gasteiger partial charge in [0.25, 0.3) is 0 Å². The minimum Gasteiger partial charge on any atom is -0.469 e. The van der Waals surface area contributed by atoms with Crippen molar-refractivity contribution in [2.24, 2.45) is 0 Å². The van der Waals surface area contributed by atoms with Gasteiger partial charge in [-0.3, -0.25) is 4.79 Å². The fourth-order valence-corrected chi connectivity index (χ4v) is 2.90. The Bertz CT molecular complexity index is 408. The van der Waals surface area contributed by atoms with E-state index in [1.807, 2.05) is 5.38 Å². The fraction of sp³-hybridized carbons (Fsp3) is 0.667. The second kappa shape index (κ2) is 6.15. The van der Waals surface area contributed by atoms with Crippen LogP contribution in [0.1, 0.15) is 19.0 Å². The summed E-state index contributed by atoms with van der Waals surface area (Å²) in [5.74, 6) is -0.249. The van der Waals surface area contributed by atoms with Crippen LogP contribution in [0.3, 0.4) is 0 Å². The number of rotatable bonds is 4. The smallest absolute Gasteiger partial charge is 0.311 e. The number of ether oxygens (including phenoxy) is 2. The Hall–Kier alpha value is -1.14. The topological polar surface area (TPSA) is 51.7 Å². The highest BCUT2D eigenvalue weighted by atomic mass is 32.1. The van der Waals surface area contributed by atoms with E-state index in [1.165, 1.54) is 7.11 Å². The van der Waals surface area contributed by atoms with Gasteiger partial charge in [0.1, 0.15) is 0 Å². The Morgan fingerprint density at radius 2 is 2.56 bits per heavy atom. The summed E-state index contributed by atoms with van der Waals surface area (Å²) in [6.45, 7) is 4.50. The normalized spacial score (nSPS) is 19.9. The number of aromatic nitrogens is 1. The number of methoxy groups -OCH3 is 1. The summed E-state index contributed by atoms with van der Waals surface area (Å²) in [6, 6.07) is 0.385. The first-order valence-electron chi connectivity index (χ1n) is 6.10. The number of hydrogen-bond donors (Lipinski definition) is 0. The molecule has 0 bridgehead atoms. The van der Waals surface area contributed by atoms with Gasteiger partial charge in [0, 0.05) is 11.9 Å². The standard InChI is InChI=1S/C12H18N2O3S/c1-3-10-7-17-5-4-14(10)12-13-9(8-18-12)6-11(15)16-2/h8,10H,3-7H2,1-2H3. The number of carbonyl (C=O) groups excluding carboxylic acids is 1.